The fourth-order valence-electron chi connectivity index (χ4n) is 0.698. The van der Waals surface area contributed by atoms with E-state index in [-0.39, 0.29) is 11.2 Å². The van der Waals surface area contributed by atoms with Crippen molar-refractivity contribution >= 4 is 34.3 Å². The monoisotopic (exact) mass is 222 g/mol. The molecule has 0 aromatic rings. The summed E-state index contributed by atoms with van der Waals surface area (Å²) in [7, 11) is 1.37. The van der Waals surface area contributed by atoms with Gasteiger partial charge in [-0.05, 0) is 25.6 Å². The zero-order chi connectivity index (χ0) is 10.3. The van der Waals surface area contributed by atoms with Crippen LogP contribution in [0.5, 0.6) is 0 Å². The molecular formula is C8H14O3S2. The van der Waals surface area contributed by atoms with Crippen LogP contribution in [0.25, 0.3) is 0 Å². The van der Waals surface area contributed by atoms with E-state index in [1.807, 2.05) is 13.8 Å². The van der Waals surface area contributed by atoms with Gasteiger partial charge in [-0.15, -0.1) is 0 Å². The Hall–Kier alpha value is -0.290. The Kier molecular flexibility index (Phi) is 6.99. The van der Waals surface area contributed by atoms with Crippen molar-refractivity contribution in [1.82, 2.24) is 0 Å². The number of thiocarbonyl (C=S) groups is 1. The van der Waals surface area contributed by atoms with Crippen molar-refractivity contribution in [1.29, 1.82) is 0 Å². The van der Waals surface area contributed by atoms with Gasteiger partial charge < -0.3 is 9.47 Å². The third kappa shape index (κ3) is 5.10. The van der Waals surface area contributed by atoms with Gasteiger partial charge in [-0.3, -0.25) is 4.79 Å². The van der Waals surface area contributed by atoms with Gasteiger partial charge in [0.25, 0.3) is 0 Å². The van der Waals surface area contributed by atoms with Crippen molar-refractivity contribution in [3.05, 3.63) is 0 Å². The average Bonchev–Trinajstić information content (AvgIpc) is 2.13. The van der Waals surface area contributed by atoms with Crippen molar-refractivity contribution in [2.24, 2.45) is 0 Å². The normalized spacial score (nSPS) is 11.9. The number of carbonyl (C=O) groups excluding carboxylic acids is 1. The van der Waals surface area contributed by atoms with Gasteiger partial charge in [-0.25, -0.2) is 0 Å². The summed E-state index contributed by atoms with van der Waals surface area (Å²) in [5.41, 5.74) is 0. The largest absolute Gasteiger partial charge is 0.479 e. The second-order valence-corrected chi connectivity index (χ2v) is 4.03. The predicted octanol–water partition coefficient (Wildman–Crippen LogP) is 1.99. The summed E-state index contributed by atoms with van der Waals surface area (Å²) >= 11 is 6.13. The highest BCUT2D eigenvalue weighted by atomic mass is 32.2. The van der Waals surface area contributed by atoms with Crippen LogP contribution >= 0.6 is 24.0 Å². The molecule has 13 heavy (non-hydrogen) atoms. The lowest BCUT2D eigenvalue weighted by atomic mass is 10.3. The van der Waals surface area contributed by atoms with Crippen LogP contribution in [0.2, 0.25) is 0 Å². The molecule has 0 rings (SSSR count). The summed E-state index contributed by atoms with van der Waals surface area (Å²) < 4.78 is 10.1. The molecule has 0 spiro atoms. The fourth-order valence-corrected chi connectivity index (χ4v) is 1.94. The molecule has 0 saturated carbocycles. The second kappa shape index (κ2) is 7.15. The van der Waals surface area contributed by atoms with E-state index in [0.717, 1.165) is 0 Å². The topological polar surface area (TPSA) is 35.5 Å². The van der Waals surface area contributed by atoms with E-state index in [1.54, 1.807) is 0 Å². The summed E-state index contributed by atoms with van der Waals surface area (Å²) in [5, 5.41) is -0.246. The minimum Gasteiger partial charge on any atom is -0.479 e. The highest BCUT2D eigenvalue weighted by Crippen LogP contribution is 2.18. The zero-order valence-electron chi connectivity index (χ0n) is 8.03. The Morgan fingerprint density at radius 1 is 1.54 bits per heavy atom. The fraction of sp³-hybridized carbons (Fsp3) is 0.750. The summed E-state index contributed by atoms with van der Waals surface area (Å²) in [5.74, 6) is -0.255. The molecule has 0 saturated heterocycles. The first-order chi connectivity index (χ1) is 6.15. The van der Waals surface area contributed by atoms with Gasteiger partial charge in [0, 0.05) is 0 Å². The summed E-state index contributed by atoms with van der Waals surface area (Å²) in [6.07, 6.45) is 0.685. The van der Waals surface area contributed by atoms with Crippen LogP contribution in [-0.4, -0.2) is 29.3 Å². The minimum absolute atomic E-state index is 0.246. The molecule has 0 aliphatic rings. The Morgan fingerprint density at radius 3 is 2.54 bits per heavy atom. The molecule has 1 atom stereocenters. The number of thioether (sulfide) groups is 1. The number of methoxy groups -OCH3 is 1. The van der Waals surface area contributed by atoms with E-state index in [1.165, 1.54) is 18.9 Å². The van der Waals surface area contributed by atoms with E-state index in [9.17, 15) is 4.79 Å². The van der Waals surface area contributed by atoms with Crippen LogP contribution in [0.4, 0.5) is 0 Å². The molecule has 0 aromatic heterocycles. The molecule has 76 valence electrons. The lowest BCUT2D eigenvalue weighted by Gasteiger charge is -2.11. The van der Waals surface area contributed by atoms with Gasteiger partial charge in [0.1, 0.15) is 5.25 Å². The molecule has 0 aliphatic heterocycles. The second-order valence-electron chi connectivity index (χ2n) is 2.22. The van der Waals surface area contributed by atoms with Gasteiger partial charge in [0.15, 0.2) is 0 Å². The molecular weight excluding hydrogens is 208 g/mol. The Labute approximate surface area is 88.2 Å². The Morgan fingerprint density at radius 2 is 2.15 bits per heavy atom. The molecule has 0 fully saturated rings. The number of hydrogen-bond donors (Lipinski definition) is 0. The molecule has 0 aliphatic carbocycles. The van der Waals surface area contributed by atoms with E-state index >= 15 is 0 Å². The molecule has 1 unspecified atom stereocenters. The predicted molar refractivity (Wildman–Crippen MR) is 57.9 cm³/mol. The van der Waals surface area contributed by atoms with Gasteiger partial charge >= 0.3 is 5.97 Å². The molecule has 5 heteroatoms. The SMILES string of the molecule is CCOC(=S)SC(CC)C(=O)OC. The van der Waals surface area contributed by atoms with Crippen molar-refractivity contribution in [2.45, 2.75) is 25.5 Å². The maximum atomic E-state index is 11.1. The van der Waals surface area contributed by atoms with E-state index < -0.39 is 0 Å². The number of ether oxygens (including phenoxy) is 2. The molecule has 0 N–H and O–H groups in total. The van der Waals surface area contributed by atoms with Gasteiger partial charge in [-0.1, -0.05) is 18.7 Å². The van der Waals surface area contributed by atoms with E-state index in [0.29, 0.717) is 17.4 Å². The third-order valence-electron chi connectivity index (χ3n) is 1.34. The lowest BCUT2D eigenvalue weighted by molar-refractivity contribution is -0.139. The van der Waals surface area contributed by atoms with Crippen molar-refractivity contribution < 1.29 is 14.3 Å². The smallest absolute Gasteiger partial charge is 0.319 e. The quantitative estimate of drug-likeness (QED) is 0.537. The van der Waals surface area contributed by atoms with Gasteiger partial charge in [0.2, 0.25) is 4.38 Å². The van der Waals surface area contributed by atoms with Crippen molar-refractivity contribution in [2.75, 3.05) is 13.7 Å². The molecule has 0 heterocycles. The van der Waals surface area contributed by atoms with Gasteiger partial charge in [0.05, 0.1) is 13.7 Å². The highest BCUT2D eigenvalue weighted by Gasteiger charge is 2.19. The molecule has 0 amide bonds. The van der Waals surface area contributed by atoms with Crippen molar-refractivity contribution in [3.63, 3.8) is 0 Å². The van der Waals surface area contributed by atoms with Crippen molar-refractivity contribution in [3.8, 4) is 0 Å². The van der Waals surface area contributed by atoms with Crippen LogP contribution in [0.3, 0.4) is 0 Å². The Balaban J connectivity index is 3.97. The molecule has 3 nitrogen and oxygen atoms in total. The molecule has 0 radical (unpaired) electrons. The number of rotatable bonds is 4. The standard InChI is InChI=1S/C8H14O3S2/c1-4-6(7(9)10-3)13-8(12)11-5-2/h6H,4-5H2,1-3H3. The third-order valence-corrected chi connectivity index (χ3v) is 2.86. The summed E-state index contributed by atoms with van der Waals surface area (Å²) in [4.78, 5) is 11.1. The first-order valence-corrected chi connectivity index (χ1v) is 5.35. The van der Waals surface area contributed by atoms with E-state index in [4.69, 9.17) is 17.0 Å². The van der Waals surface area contributed by atoms with Crippen LogP contribution in [0.15, 0.2) is 0 Å². The lowest BCUT2D eigenvalue weighted by Crippen LogP contribution is -2.20. The van der Waals surface area contributed by atoms with Crippen LogP contribution < -0.4 is 0 Å². The maximum absolute atomic E-state index is 11.1. The first kappa shape index (κ1) is 12.7. The summed E-state index contributed by atoms with van der Waals surface area (Å²) in [6.45, 7) is 4.29. The molecule has 0 aromatic carbocycles. The highest BCUT2D eigenvalue weighted by molar-refractivity contribution is 8.23. The number of esters is 1. The summed E-state index contributed by atoms with van der Waals surface area (Å²) in [6, 6.07) is 0. The van der Waals surface area contributed by atoms with Crippen LogP contribution in [0.1, 0.15) is 20.3 Å². The Bertz CT molecular complexity index is 182. The maximum Gasteiger partial charge on any atom is 0.319 e. The molecule has 0 bridgehead atoms. The first-order valence-electron chi connectivity index (χ1n) is 4.06. The minimum atomic E-state index is -0.255. The average molecular weight is 222 g/mol. The van der Waals surface area contributed by atoms with Gasteiger partial charge in [-0.2, -0.15) is 0 Å². The number of carbonyl (C=O) groups is 1. The van der Waals surface area contributed by atoms with Crippen LogP contribution in [0, 0.1) is 0 Å². The van der Waals surface area contributed by atoms with E-state index in [2.05, 4.69) is 4.74 Å². The number of hydrogen-bond acceptors (Lipinski definition) is 5. The zero-order valence-corrected chi connectivity index (χ0v) is 9.67. The van der Waals surface area contributed by atoms with Crippen LogP contribution in [-0.2, 0) is 14.3 Å².